The van der Waals surface area contributed by atoms with Gasteiger partial charge in [0.1, 0.15) is 11.2 Å². The van der Waals surface area contributed by atoms with Crippen LogP contribution in [0.3, 0.4) is 0 Å². The Hall–Kier alpha value is -11.9. The Bertz CT molecular complexity index is 5550. The monoisotopic (exact) mass is 1140 g/mol. The summed E-state index contributed by atoms with van der Waals surface area (Å²) in [5.74, 6) is 0. The van der Waals surface area contributed by atoms with E-state index in [1.165, 1.54) is 82.4 Å². The largest absolute Gasteiger partial charge is 0.456 e. The van der Waals surface area contributed by atoms with E-state index in [4.69, 9.17) is 4.42 Å². The lowest BCUT2D eigenvalue weighted by atomic mass is 9.33. The minimum absolute atomic E-state index is 0.130. The summed E-state index contributed by atoms with van der Waals surface area (Å²) in [6, 6.07) is 118. The number of para-hydroxylation sites is 7. The molecule has 0 amide bonds. The molecule has 2 aliphatic heterocycles. The zero-order chi connectivity index (χ0) is 59.0. The summed E-state index contributed by atoms with van der Waals surface area (Å²) in [6.45, 7) is -0.130. The van der Waals surface area contributed by atoms with Crippen LogP contribution in [-0.2, 0) is 0 Å². The Morgan fingerprint density at radius 2 is 0.578 bits per heavy atom. The maximum atomic E-state index is 7.23. The molecule has 418 valence electrons. The van der Waals surface area contributed by atoms with E-state index in [1.807, 2.05) is 0 Å². The lowest BCUT2D eigenvalue weighted by Gasteiger charge is -2.44. The molecule has 0 bridgehead atoms. The van der Waals surface area contributed by atoms with E-state index in [0.29, 0.717) is 0 Å². The topological polar surface area (TPSA) is 29.5 Å². The second-order valence-electron chi connectivity index (χ2n) is 23.9. The van der Waals surface area contributed by atoms with Gasteiger partial charge in [0, 0.05) is 50.1 Å². The molecule has 0 fully saturated rings. The predicted octanol–water partition coefficient (Wildman–Crippen LogP) is 20.5. The number of furan rings is 1. The average molecular weight is 1150 g/mol. The molecule has 0 saturated carbocycles. The molecule has 3 aromatic heterocycles. The summed E-state index contributed by atoms with van der Waals surface area (Å²) in [5.41, 5.74) is 28.1. The first-order chi connectivity index (χ1) is 44.7. The van der Waals surface area contributed by atoms with Crippen molar-refractivity contribution in [1.29, 1.82) is 0 Å². The number of fused-ring (bicyclic) bond motifs is 14. The van der Waals surface area contributed by atoms with E-state index < -0.39 is 0 Å². The Labute approximate surface area is 520 Å². The molecule has 90 heavy (non-hydrogen) atoms. The van der Waals surface area contributed by atoms with Gasteiger partial charge in [0.2, 0.25) is 0 Å². The molecular weight excluding hydrogens is 1090 g/mol. The number of hydrogen-bond acceptors (Lipinski definition) is 3. The summed E-state index contributed by atoms with van der Waals surface area (Å²) >= 11 is 0. The van der Waals surface area contributed by atoms with Gasteiger partial charge in [-0.15, -0.1) is 0 Å². The third-order valence-corrected chi connectivity index (χ3v) is 19.1. The Balaban J connectivity index is 0.881. The number of aromatic nitrogens is 2. The van der Waals surface area contributed by atoms with Crippen LogP contribution in [0.15, 0.2) is 326 Å². The van der Waals surface area contributed by atoms with E-state index in [0.717, 1.165) is 89.5 Å². The molecule has 0 N–H and O–H groups in total. The molecule has 0 radical (unpaired) electrons. The second-order valence-corrected chi connectivity index (χ2v) is 23.9. The van der Waals surface area contributed by atoms with Gasteiger partial charge >= 0.3 is 0 Å². The molecule has 0 atom stereocenters. The van der Waals surface area contributed by atoms with Crippen LogP contribution in [0.2, 0.25) is 0 Å². The first-order valence-electron chi connectivity index (χ1n) is 31.0. The molecule has 5 heterocycles. The molecule has 0 spiro atoms. The summed E-state index contributed by atoms with van der Waals surface area (Å²) < 4.78 is 12.2. The van der Waals surface area contributed by atoms with Gasteiger partial charge in [0.05, 0.1) is 55.9 Å². The lowest BCUT2D eigenvalue weighted by Crippen LogP contribution is -2.61. The quantitative estimate of drug-likeness (QED) is 0.142. The van der Waals surface area contributed by atoms with Crippen LogP contribution in [0.25, 0.3) is 121 Å². The highest BCUT2D eigenvalue weighted by atomic mass is 16.3. The van der Waals surface area contributed by atoms with Crippen LogP contribution in [0.4, 0.5) is 34.1 Å². The maximum absolute atomic E-state index is 7.23. The minimum Gasteiger partial charge on any atom is -0.456 e. The second kappa shape index (κ2) is 19.8. The van der Waals surface area contributed by atoms with Crippen LogP contribution in [0.5, 0.6) is 0 Å². The number of rotatable bonds is 8. The molecule has 0 saturated heterocycles. The number of hydrogen-bond donors (Lipinski definition) is 0. The highest BCUT2D eigenvalue weighted by Gasteiger charge is 2.46. The van der Waals surface area contributed by atoms with Crippen LogP contribution >= 0.6 is 0 Å². The smallest absolute Gasteiger partial charge is 0.252 e. The third kappa shape index (κ3) is 7.52. The zero-order valence-corrected chi connectivity index (χ0v) is 48.9. The fraction of sp³-hybridized carbons (Fsp3) is 0. The van der Waals surface area contributed by atoms with E-state index in [2.05, 4.69) is 340 Å². The maximum Gasteiger partial charge on any atom is 0.252 e. The first-order valence-corrected chi connectivity index (χ1v) is 31.0. The van der Waals surface area contributed by atoms with Crippen LogP contribution < -0.4 is 26.2 Å². The molecule has 14 aromatic carbocycles. The normalized spacial score (nSPS) is 12.6. The SMILES string of the molecule is c1ccc(-c2ccc3c(c2)c2cc(-c4ccccc4)ccc2n3-c2ccccc2N2c3ccccc3B3c4ccccc4N(c4ccccc4-n4c5ccc(-c6ccccc6)cc5c5cc(-c6ccccc6)ccc54)c4c3c2cc2oc3ccccc3c42)cc1. The molecule has 6 heteroatoms. The third-order valence-electron chi connectivity index (χ3n) is 19.1. The number of nitrogens with zero attached hydrogens (tertiary/aromatic N) is 4. The lowest BCUT2D eigenvalue weighted by molar-refractivity contribution is 0.669. The van der Waals surface area contributed by atoms with Crippen molar-refractivity contribution in [3.8, 4) is 55.9 Å². The van der Waals surface area contributed by atoms with Gasteiger partial charge in [0.15, 0.2) is 0 Å². The van der Waals surface area contributed by atoms with Crippen molar-refractivity contribution in [2.75, 3.05) is 9.80 Å². The van der Waals surface area contributed by atoms with Crippen molar-refractivity contribution < 1.29 is 4.42 Å². The molecule has 0 aliphatic carbocycles. The van der Waals surface area contributed by atoms with Crippen molar-refractivity contribution in [3.05, 3.63) is 322 Å². The summed E-state index contributed by atoms with van der Waals surface area (Å²) in [7, 11) is 0. The summed E-state index contributed by atoms with van der Waals surface area (Å²) in [5, 5.41) is 6.94. The van der Waals surface area contributed by atoms with Gasteiger partial charge in [-0.3, -0.25) is 0 Å². The fourth-order valence-corrected chi connectivity index (χ4v) is 15.2. The van der Waals surface area contributed by atoms with E-state index in [9.17, 15) is 0 Å². The minimum atomic E-state index is -0.130. The zero-order valence-electron chi connectivity index (χ0n) is 48.9. The Morgan fingerprint density at radius 3 is 1.01 bits per heavy atom. The molecule has 5 nitrogen and oxygen atoms in total. The first kappa shape index (κ1) is 50.3. The predicted molar refractivity (Wildman–Crippen MR) is 378 cm³/mol. The van der Waals surface area contributed by atoms with E-state index >= 15 is 0 Å². The summed E-state index contributed by atoms with van der Waals surface area (Å²) in [6.07, 6.45) is 0. The van der Waals surface area contributed by atoms with E-state index in [-0.39, 0.29) is 6.71 Å². The average Bonchev–Trinajstić information content (AvgIpc) is 1.82. The van der Waals surface area contributed by atoms with Crippen molar-refractivity contribution >= 4 is 123 Å². The molecule has 0 unspecified atom stereocenters. The van der Waals surface area contributed by atoms with Crippen molar-refractivity contribution in [3.63, 3.8) is 0 Å². The fourth-order valence-electron chi connectivity index (χ4n) is 15.2. The van der Waals surface area contributed by atoms with E-state index in [1.54, 1.807) is 0 Å². The van der Waals surface area contributed by atoms with Gasteiger partial charge in [-0.25, -0.2) is 0 Å². The highest BCUT2D eigenvalue weighted by molar-refractivity contribution is 7.00. The van der Waals surface area contributed by atoms with Crippen LogP contribution in [0.1, 0.15) is 0 Å². The Kier molecular flexibility index (Phi) is 11.1. The van der Waals surface area contributed by atoms with Crippen molar-refractivity contribution in [2.24, 2.45) is 0 Å². The summed E-state index contributed by atoms with van der Waals surface area (Å²) in [4.78, 5) is 5.12. The number of benzene rings is 14. The van der Waals surface area contributed by atoms with Gasteiger partial charge in [0.25, 0.3) is 6.71 Å². The van der Waals surface area contributed by atoms with Gasteiger partial charge in [-0.2, -0.15) is 0 Å². The van der Waals surface area contributed by atoms with Crippen LogP contribution in [0, 0.1) is 0 Å². The van der Waals surface area contributed by atoms with Gasteiger partial charge < -0.3 is 23.4 Å². The van der Waals surface area contributed by atoms with Gasteiger partial charge in [-0.1, -0.05) is 224 Å². The Morgan fingerprint density at radius 1 is 0.233 bits per heavy atom. The molecular formula is C84H53BN4O. The highest BCUT2D eigenvalue weighted by Crippen LogP contribution is 2.53. The molecule has 19 rings (SSSR count). The van der Waals surface area contributed by atoms with Crippen molar-refractivity contribution in [1.82, 2.24) is 9.13 Å². The molecule has 17 aromatic rings. The standard InChI is InChI=1S/C84H53BN4O/c1-5-23-54(24-6-1)58-41-45-69-63(49-58)64-50-59(55-25-7-2-8-26-55)42-46-70(64)86(69)75-36-18-19-37-76(75)88-73-34-16-14-32-67(73)85-68-33-15-17-35-74(68)89(84-82-62-31-13-22-40-80(62)90-81(82)53-79(88)83(84)85)78-39-21-20-38-77(78)87-71-47-43-60(56-27-9-3-10-28-56)51-65(71)66-52-61(44-48-72(66)87)57-29-11-4-12-30-57/h1-53H. The molecule has 2 aliphatic rings. The van der Waals surface area contributed by atoms with Gasteiger partial charge in [-0.05, 0) is 152 Å². The number of anilines is 6. The van der Waals surface area contributed by atoms with Crippen molar-refractivity contribution in [2.45, 2.75) is 0 Å². The van der Waals surface area contributed by atoms with Crippen LogP contribution in [-0.4, -0.2) is 15.8 Å².